The molecule has 0 saturated carbocycles. The summed E-state index contributed by atoms with van der Waals surface area (Å²) in [6.45, 7) is 13.1. The van der Waals surface area contributed by atoms with Crippen molar-refractivity contribution in [3.63, 3.8) is 0 Å². The molecule has 1 saturated heterocycles. The number of para-hydroxylation sites is 2. The first kappa shape index (κ1) is 43.9. The molecule has 4 amide bonds. The van der Waals surface area contributed by atoms with Gasteiger partial charge in [0.2, 0.25) is 0 Å². The predicted octanol–water partition coefficient (Wildman–Crippen LogP) is 3.44. The van der Waals surface area contributed by atoms with Gasteiger partial charge in [0.25, 0.3) is 23.6 Å². The molecule has 0 radical (unpaired) electrons. The second kappa shape index (κ2) is 19.5. The first-order chi connectivity index (χ1) is 27.1. The summed E-state index contributed by atoms with van der Waals surface area (Å²) < 4.78 is 0. The maximum Gasteiger partial charge on any atom is 0.255 e. The van der Waals surface area contributed by atoms with Crippen LogP contribution in [0.4, 0.5) is 0 Å². The molecule has 3 aliphatic heterocycles. The van der Waals surface area contributed by atoms with Crippen molar-refractivity contribution in [2.24, 2.45) is 0 Å². The summed E-state index contributed by atoms with van der Waals surface area (Å²) in [5.74, 6) is -2.36. The van der Waals surface area contributed by atoms with E-state index in [0.717, 1.165) is 44.9 Å². The van der Waals surface area contributed by atoms with Gasteiger partial charge in [0, 0.05) is 74.5 Å². The fourth-order valence-electron chi connectivity index (χ4n) is 8.57. The van der Waals surface area contributed by atoms with E-state index in [2.05, 4.69) is 70.2 Å². The summed E-state index contributed by atoms with van der Waals surface area (Å²) >= 11 is 0. The zero-order chi connectivity index (χ0) is 41.1. The number of carbonyl (C=O) groups excluding carboxylic acids is 4. The Labute approximate surface area is 337 Å². The smallest absolute Gasteiger partial charge is 0.255 e. The van der Waals surface area contributed by atoms with E-state index >= 15 is 0 Å². The Morgan fingerprint density at radius 1 is 0.386 bits per heavy atom. The van der Waals surface area contributed by atoms with Gasteiger partial charge in [-0.25, -0.2) is 0 Å². The highest BCUT2D eigenvalue weighted by Gasteiger charge is 2.32. The van der Waals surface area contributed by atoms with E-state index in [1.165, 1.54) is 24.3 Å². The lowest BCUT2D eigenvalue weighted by Gasteiger charge is -2.36. The minimum atomic E-state index is -0.426. The Hall–Kier alpha value is -4.24. The number of phenolic OH excluding ortho intramolecular Hbond substituents is 2. The molecule has 14 heteroatoms. The Balaban J connectivity index is 1.42. The average molecular weight is 791 g/mol. The monoisotopic (exact) mass is 791 g/mol. The van der Waals surface area contributed by atoms with Gasteiger partial charge in [-0.2, -0.15) is 0 Å². The predicted molar refractivity (Wildman–Crippen MR) is 222 cm³/mol. The zero-order valence-electron chi connectivity index (χ0n) is 34.4. The standard InChI is InChI=1S/C43H66N8O6/c1-40-14-5-6-15-41(2,19-23-45-37(55)31-11-7-10-30(34(31)52)36(54)44-22-18-40)49-27-29-51-43(4)17-9-16-42(3,50-28-26-48-40)20-24-46-38(56)32-12-8-13-33(35(32)53)39(57)47-25-21-43/h7-8,10-13,48-53H,5-6,9,14-29H2,1-4H3,(H,44,54)(H,45,55)(H,46,56)(H,47,57). The lowest BCUT2D eigenvalue weighted by molar-refractivity contribution is 0.0925. The van der Waals surface area contributed by atoms with Crippen molar-refractivity contribution in [2.45, 2.75) is 120 Å². The summed E-state index contributed by atoms with van der Waals surface area (Å²) in [6.07, 6.45) is 8.97. The summed E-state index contributed by atoms with van der Waals surface area (Å²) in [4.78, 5) is 52.9. The third-order valence-electron chi connectivity index (χ3n) is 12.5. The van der Waals surface area contributed by atoms with Crippen molar-refractivity contribution >= 4 is 23.6 Å². The Morgan fingerprint density at radius 3 is 0.895 bits per heavy atom. The molecular weight excluding hydrogens is 725 g/mol. The molecule has 2 aromatic rings. The molecule has 4 atom stereocenters. The van der Waals surface area contributed by atoms with Crippen molar-refractivity contribution < 1.29 is 29.4 Å². The van der Waals surface area contributed by atoms with Gasteiger partial charge in [-0.05, 0) is 110 Å². The quantitative estimate of drug-likeness (QED) is 0.188. The van der Waals surface area contributed by atoms with Crippen LogP contribution < -0.4 is 42.5 Å². The summed E-state index contributed by atoms with van der Waals surface area (Å²) in [6, 6.07) is 9.34. The summed E-state index contributed by atoms with van der Waals surface area (Å²) in [7, 11) is 0. The minimum absolute atomic E-state index is 0.0670. The van der Waals surface area contributed by atoms with E-state index in [-0.39, 0.29) is 55.9 Å². The van der Waals surface area contributed by atoms with Crippen molar-refractivity contribution in [1.29, 1.82) is 0 Å². The topological polar surface area (TPSA) is 205 Å². The Bertz CT molecular complexity index is 1630. The van der Waals surface area contributed by atoms with Gasteiger partial charge in [0.1, 0.15) is 11.5 Å². The SMILES string of the molecule is CC12CCCCC(C)(CCNC(=O)c3cccc(c3O)C(=O)NCC1)NCCNC1(C)CCCC(C)(CCNC(=O)c3cccc(c3O)C(=O)NCC1)NCCN2. The highest BCUT2D eigenvalue weighted by Crippen LogP contribution is 2.28. The van der Waals surface area contributed by atoms with E-state index in [9.17, 15) is 29.4 Å². The molecule has 8 bridgehead atoms. The number of benzene rings is 2. The molecular formula is C43H66N8O6. The number of fused-ring (bicyclic) bond motifs is 13. The third kappa shape index (κ3) is 12.1. The maximum atomic E-state index is 13.2. The fraction of sp³-hybridized carbons (Fsp3) is 0.628. The van der Waals surface area contributed by atoms with Crippen molar-refractivity contribution in [2.75, 3.05) is 52.4 Å². The number of aromatic hydroxyl groups is 2. The number of hydrogen-bond donors (Lipinski definition) is 10. The van der Waals surface area contributed by atoms with Gasteiger partial charge in [0.05, 0.1) is 22.3 Å². The van der Waals surface area contributed by atoms with E-state index in [1.807, 2.05) is 0 Å². The number of phenols is 2. The van der Waals surface area contributed by atoms with Crippen LogP contribution in [-0.2, 0) is 0 Å². The molecule has 1 fully saturated rings. The average Bonchev–Trinajstić information content (AvgIpc) is 3.16. The number of amides is 4. The molecule has 4 unspecified atom stereocenters. The Morgan fingerprint density at radius 2 is 0.632 bits per heavy atom. The molecule has 0 aromatic heterocycles. The van der Waals surface area contributed by atoms with Crippen LogP contribution in [0.25, 0.3) is 0 Å². The molecule has 14 nitrogen and oxygen atoms in total. The van der Waals surface area contributed by atoms with Crippen LogP contribution in [0, 0.1) is 0 Å². The largest absolute Gasteiger partial charge is 0.506 e. The van der Waals surface area contributed by atoms with Crippen LogP contribution in [0.15, 0.2) is 36.4 Å². The molecule has 3 aliphatic rings. The van der Waals surface area contributed by atoms with Crippen LogP contribution in [0.1, 0.15) is 140 Å². The molecule has 3 heterocycles. The van der Waals surface area contributed by atoms with Gasteiger partial charge in [0.15, 0.2) is 0 Å². The molecule has 5 rings (SSSR count). The number of carbonyl (C=O) groups is 4. The van der Waals surface area contributed by atoms with Gasteiger partial charge in [-0.15, -0.1) is 0 Å². The number of nitrogens with one attached hydrogen (secondary N) is 8. The van der Waals surface area contributed by atoms with E-state index in [0.29, 0.717) is 78.0 Å². The fourth-order valence-corrected chi connectivity index (χ4v) is 8.57. The molecule has 2 aromatic carbocycles. The molecule has 57 heavy (non-hydrogen) atoms. The molecule has 314 valence electrons. The van der Waals surface area contributed by atoms with Gasteiger partial charge in [-0.1, -0.05) is 25.0 Å². The van der Waals surface area contributed by atoms with E-state index in [4.69, 9.17) is 0 Å². The van der Waals surface area contributed by atoms with Crippen LogP contribution in [0.2, 0.25) is 0 Å². The normalized spacial score (nSPS) is 30.0. The molecule has 0 spiro atoms. The second-order valence-corrected chi connectivity index (χ2v) is 17.4. The highest BCUT2D eigenvalue weighted by atomic mass is 16.3. The van der Waals surface area contributed by atoms with E-state index < -0.39 is 23.6 Å². The van der Waals surface area contributed by atoms with Crippen LogP contribution in [0.3, 0.4) is 0 Å². The number of rotatable bonds is 0. The van der Waals surface area contributed by atoms with Crippen LogP contribution in [0.5, 0.6) is 11.5 Å². The lowest BCUT2D eigenvalue weighted by Crippen LogP contribution is -2.52. The van der Waals surface area contributed by atoms with Gasteiger partial charge >= 0.3 is 0 Å². The van der Waals surface area contributed by atoms with Crippen molar-refractivity contribution in [1.82, 2.24) is 42.5 Å². The van der Waals surface area contributed by atoms with Crippen LogP contribution in [-0.4, -0.2) is 108 Å². The zero-order valence-corrected chi connectivity index (χ0v) is 34.4. The van der Waals surface area contributed by atoms with Gasteiger partial charge in [-0.3, -0.25) is 19.2 Å². The first-order valence-corrected chi connectivity index (χ1v) is 20.9. The van der Waals surface area contributed by atoms with Crippen LogP contribution >= 0.6 is 0 Å². The molecule has 0 aliphatic carbocycles. The Kier molecular flexibility index (Phi) is 15.0. The first-order valence-electron chi connectivity index (χ1n) is 20.9. The van der Waals surface area contributed by atoms with Gasteiger partial charge < -0.3 is 52.7 Å². The highest BCUT2D eigenvalue weighted by molar-refractivity contribution is 6.04. The summed E-state index contributed by atoms with van der Waals surface area (Å²) in [5.41, 5.74) is -0.919. The molecule has 10 N–H and O–H groups in total. The second-order valence-electron chi connectivity index (χ2n) is 17.4. The van der Waals surface area contributed by atoms with Crippen molar-refractivity contribution in [3.8, 4) is 11.5 Å². The minimum Gasteiger partial charge on any atom is -0.506 e. The maximum absolute atomic E-state index is 13.2. The lowest BCUT2D eigenvalue weighted by atomic mass is 9.85. The van der Waals surface area contributed by atoms with E-state index in [1.54, 1.807) is 12.1 Å². The van der Waals surface area contributed by atoms with Crippen molar-refractivity contribution in [3.05, 3.63) is 58.7 Å². The number of hydrogen-bond acceptors (Lipinski definition) is 10. The third-order valence-corrected chi connectivity index (χ3v) is 12.5. The summed E-state index contributed by atoms with van der Waals surface area (Å²) in [5, 5.41) is 49.1.